The molecule has 1 saturated carbocycles. The van der Waals surface area contributed by atoms with Gasteiger partial charge in [0, 0.05) is 37.2 Å². The monoisotopic (exact) mass is 301 g/mol. The van der Waals surface area contributed by atoms with Crippen LogP contribution in [0.5, 0.6) is 0 Å². The Morgan fingerprint density at radius 1 is 1.38 bits per heavy atom. The van der Waals surface area contributed by atoms with Crippen LogP contribution >= 0.6 is 0 Å². The predicted octanol–water partition coefficient (Wildman–Crippen LogP) is 2.75. The summed E-state index contributed by atoms with van der Waals surface area (Å²) in [6, 6.07) is 0.985. The maximum Gasteiger partial charge on any atom is 0.433 e. The van der Waals surface area contributed by atoms with E-state index >= 15 is 0 Å². The smallest absolute Gasteiger partial charge is 0.377 e. The maximum atomic E-state index is 12.8. The zero-order valence-electron chi connectivity index (χ0n) is 12.2. The minimum atomic E-state index is -4.45. The van der Waals surface area contributed by atoms with Crippen LogP contribution < -0.4 is 4.90 Å². The van der Waals surface area contributed by atoms with E-state index in [4.69, 9.17) is 4.74 Å². The van der Waals surface area contributed by atoms with Crippen LogP contribution in [0, 0.1) is 11.3 Å². The lowest BCUT2D eigenvalue weighted by molar-refractivity contribution is -0.141. The SMILES string of the molecule is CN(c1nccc(C(F)(F)F)n1)C1C2CCOC2C1(C)C. The second-order valence-electron chi connectivity index (χ2n) is 6.36. The van der Waals surface area contributed by atoms with E-state index in [1.54, 1.807) is 11.9 Å². The van der Waals surface area contributed by atoms with Gasteiger partial charge < -0.3 is 9.64 Å². The molecule has 0 radical (unpaired) electrons. The number of fused-ring (bicyclic) bond motifs is 1. The zero-order chi connectivity index (χ0) is 15.4. The Morgan fingerprint density at radius 3 is 2.76 bits per heavy atom. The summed E-state index contributed by atoms with van der Waals surface area (Å²) < 4.78 is 44.0. The van der Waals surface area contributed by atoms with E-state index < -0.39 is 11.9 Å². The van der Waals surface area contributed by atoms with Crippen molar-refractivity contribution in [3.8, 4) is 0 Å². The van der Waals surface area contributed by atoms with Crippen LogP contribution in [0.1, 0.15) is 26.0 Å². The minimum Gasteiger partial charge on any atom is -0.377 e. The lowest BCUT2D eigenvalue weighted by Crippen LogP contribution is -2.66. The van der Waals surface area contributed by atoms with Gasteiger partial charge in [0.05, 0.1) is 6.10 Å². The van der Waals surface area contributed by atoms with E-state index in [9.17, 15) is 13.2 Å². The van der Waals surface area contributed by atoms with Gasteiger partial charge in [-0.2, -0.15) is 13.2 Å². The largest absolute Gasteiger partial charge is 0.433 e. The highest BCUT2D eigenvalue weighted by Crippen LogP contribution is 2.54. The molecule has 3 atom stereocenters. The van der Waals surface area contributed by atoms with Crippen LogP contribution in [-0.4, -0.2) is 35.8 Å². The van der Waals surface area contributed by atoms with Crippen molar-refractivity contribution in [1.82, 2.24) is 9.97 Å². The number of halogens is 3. The predicted molar refractivity (Wildman–Crippen MR) is 70.9 cm³/mol. The summed E-state index contributed by atoms with van der Waals surface area (Å²) in [6.07, 6.45) is -2.18. The molecule has 0 spiro atoms. The highest BCUT2D eigenvalue weighted by atomic mass is 19.4. The first-order valence-corrected chi connectivity index (χ1v) is 6.97. The Balaban J connectivity index is 1.87. The topological polar surface area (TPSA) is 38.2 Å². The van der Waals surface area contributed by atoms with Crippen molar-refractivity contribution in [2.45, 2.75) is 38.6 Å². The molecule has 116 valence electrons. The van der Waals surface area contributed by atoms with Crippen molar-refractivity contribution < 1.29 is 17.9 Å². The highest BCUT2D eigenvalue weighted by Gasteiger charge is 2.61. The Hall–Kier alpha value is -1.37. The molecule has 3 unspecified atom stereocenters. The number of alkyl halides is 3. The Kier molecular flexibility index (Phi) is 3.16. The molecule has 0 aromatic carbocycles. The van der Waals surface area contributed by atoms with Crippen LogP contribution in [0.25, 0.3) is 0 Å². The standard InChI is InChI=1S/C14H18F3N3O/c1-13(2)10(8-5-7-21-11(8)13)20(3)12-18-6-4-9(19-12)14(15,16)17/h4,6,8,10-11H,5,7H2,1-3H3. The molecule has 2 fully saturated rings. The molecule has 1 aliphatic heterocycles. The third-order valence-electron chi connectivity index (χ3n) is 4.70. The third kappa shape index (κ3) is 2.18. The van der Waals surface area contributed by atoms with E-state index in [2.05, 4.69) is 23.8 Å². The molecule has 3 rings (SSSR count). The summed E-state index contributed by atoms with van der Waals surface area (Å²) in [5, 5.41) is 0. The molecule has 21 heavy (non-hydrogen) atoms. The highest BCUT2D eigenvalue weighted by molar-refractivity contribution is 5.36. The number of ether oxygens (including phenoxy) is 1. The average molecular weight is 301 g/mol. The molecular formula is C14H18F3N3O. The van der Waals surface area contributed by atoms with E-state index in [-0.39, 0.29) is 23.5 Å². The van der Waals surface area contributed by atoms with Crippen LogP contribution in [0.15, 0.2) is 12.3 Å². The van der Waals surface area contributed by atoms with Gasteiger partial charge in [-0.3, -0.25) is 0 Å². The summed E-state index contributed by atoms with van der Waals surface area (Å²) in [7, 11) is 1.76. The van der Waals surface area contributed by atoms with Gasteiger partial charge in [-0.1, -0.05) is 13.8 Å². The summed E-state index contributed by atoms with van der Waals surface area (Å²) in [5.74, 6) is 0.455. The van der Waals surface area contributed by atoms with Gasteiger partial charge in [0.15, 0.2) is 0 Å². The van der Waals surface area contributed by atoms with Crippen molar-refractivity contribution in [3.63, 3.8) is 0 Å². The van der Waals surface area contributed by atoms with Gasteiger partial charge in [0.25, 0.3) is 0 Å². The van der Waals surface area contributed by atoms with Crippen molar-refractivity contribution in [3.05, 3.63) is 18.0 Å². The number of rotatable bonds is 2. The summed E-state index contributed by atoms with van der Waals surface area (Å²) in [6.45, 7) is 4.87. The number of anilines is 1. The van der Waals surface area contributed by atoms with Crippen LogP contribution in [0.2, 0.25) is 0 Å². The Labute approximate surface area is 121 Å². The fraction of sp³-hybridized carbons (Fsp3) is 0.714. The molecule has 1 aromatic heterocycles. The number of nitrogens with zero attached hydrogens (tertiary/aromatic N) is 3. The molecule has 4 nitrogen and oxygen atoms in total. The Morgan fingerprint density at radius 2 is 2.10 bits per heavy atom. The lowest BCUT2D eigenvalue weighted by atomic mass is 9.57. The molecule has 0 amide bonds. The molecule has 0 bridgehead atoms. The molecule has 1 aliphatic carbocycles. The zero-order valence-corrected chi connectivity index (χ0v) is 12.2. The van der Waals surface area contributed by atoms with Crippen molar-refractivity contribution in [1.29, 1.82) is 0 Å². The number of hydrogen-bond acceptors (Lipinski definition) is 4. The van der Waals surface area contributed by atoms with E-state index in [1.165, 1.54) is 0 Å². The summed E-state index contributed by atoms with van der Waals surface area (Å²) in [5.41, 5.74) is -1.02. The van der Waals surface area contributed by atoms with Gasteiger partial charge in [-0.05, 0) is 12.5 Å². The average Bonchev–Trinajstić information content (AvgIpc) is 2.84. The molecule has 2 aliphatic rings. The fourth-order valence-corrected chi connectivity index (χ4v) is 3.88. The van der Waals surface area contributed by atoms with Crippen LogP contribution in [0.3, 0.4) is 0 Å². The second-order valence-corrected chi connectivity index (χ2v) is 6.36. The molecule has 2 heterocycles. The molecule has 1 aromatic rings. The first-order valence-electron chi connectivity index (χ1n) is 6.97. The van der Waals surface area contributed by atoms with Gasteiger partial charge >= 0.3 is 6.18 Å². The van der Waals surface area contributed by atoms with Crippen molar-refractivity contribution in [2.24, 2.45) is 11.3 Å². The van der Waals surface area contributed by atoms with E-state index in [1.807, 2.05) is 0 Å². The normalized spacial score (nSPS) is 30.7. The molecule has 0 N–H and O–H groups in total. The Bertz CT molecular complexity index is 547. The third-order valence-corrected chi connectivity index (χ3v) is 4.70. The van der Waals surface area contributed by atoms with E-state index in [0.29, 0.717) is 12.5 Å². The lowest BCUT2D eigenvalue weighted by Gasteiger charge is -2.57. The first-order chi connectivity index (χ1) is 9.73. The maximum absolute atomic E-state index is 12.8. The van der Waals surface area contributed by atoms with Crippen molar-refractivity contribution in [2.75, 3.05) is 18.6 Å². The first kappa shape index (κ1) is 14.6. The molecule has 7 heteroatoms. The second kappa shape index (κ2) is 4.56. The number of hydrogen-bond donors (Lipinski definition) is 0. The molecule has 1 saturated heterocycles. The van der Waals surface area contributed by atoms with Crippen LogP contribution in [-0.2, 0) is 10.9 Å². The van der Waals surface area contributed by atoms with E-state index in [0.717, 1.165) is 18.7 Å². The van der Waals surface area contributed by atoms with Gasteiger partial charge in [0.1, 0.15) is 5.69 Å². The fourth-order valence-electron chi connectivity index (χ4n) is 3.88. The van der Waals surface area contributed by atoms with Gasteiger partial charge in [-0.15, -0.1) is 0 Å². The van der Waals surface area contributed by atoms with Gasteiger partial charge in [0.2, 0.25) is 5.95 Å². The summed E-state index contributed by atoms with van der Waals surface area (Å²) in [4.78, 5) is 9.45. The summed E-state index contributed by atoms with van der Waals surface area (Å²) >= 11 is 0. The van der Waals surface area contributed by atoms with Gasteiger partial charge in [-0.25, -0.2) is 9.97 Å². The minimum absolute atomic E-state index is 0.0912. The number of aromatic nitrogens is 2. The van der Waals surface area contributed by atoms with Crippen LogP contribution in [0.4, 0.5) is 19.1 Å². The van der Waals surface area contributed by atoms with Crippen molar-refractivity contribution >= 4 is 5.95 Å². The quantitative estimate of drug-likeness (QED) is 0.842. The molecular weight excluding hydrogens is 283 g/mol.